The van der Waals surface area contributed by atoms with Crippen molar-refractivity contribution in [2.24, 2.45) is 0 Å². The van der Waals surface area contributed by atoms with Crippen molar-refractivity contribution in [1.82, 2.24) is 5.32 Å². The van der Waals surface area contributed by atoms with Gasteiger partial charge in [0.15, 0.2) is 0 Å². The minimum Gasteiger partial charge on any atom is -0.399 e. The molecule has 3 nitrogen and oxygen atoms in total. The van der Waals surface area contributed by atoms with Crippen LogP contribution < -0.4 is 11.1 Å². The summed E-state index contributed by atoms with van der Waals surface area (Å²) in [7, 11) is 0. The zero-order chi connectivity index (χ0) is 15.9. The molecule has 2 aliphatic carbocycles. The van der Waals surface area contributed by atoms with Gasteiger partial charge in [0.25, 0.3) is 0 Å². The van der Waals surface area contributed by atoms with Crippen LogP contribution in [0.5, 0.6) is 0 Å². The van der Waals surface area contributed by atoms with E-state index >= 15 is 0 Å². The van der Waals surface area contributed by atoms with E-state index in [1.54, 1.807) is 0 Å². The molecule has 1 unspecified atom stereocenters. The second-order valence-corrected chi connectivity index (χ2v) is 6.82. The lowest BCUT2D eigenvalue weighted by atomic mass is 9.86. The molecule has 3 N–H and O–H groups in total. The van der Waals surface area contributed by atoms with Gasteiger partial charge in [-0.2, -0.15) is 0 Å². The summed E-state index contributed by atoms with van der Waals surface area (Å²) in [5, 5.41) is 3.32. The summed E-state index contributed by atoms with van der Waals surface area (Å²) in [4.78, 5) is 12.9. The smallest absolute Gasteiger partial charge is 0.231 e. The average Bonchev–Trinajstić information content (AvgIpc) is 3.37. The molecule has 0 radical (unpaired) electrons. The van der Waals surface area contributed by atoms with Gasteiger partial charge >= 0.3 is 0 Å². The van der Waals surface area contributed by atoms with Crippen LogP contribution in [0.2, 0.25) is 0 Å². The number of hydrogen-bond acceptors (Lipinski definition) is 2. The third kappa shape index (κ3) is 2.50. The molecule has 2 aromatic rings. The molecule has 0 heterocycles. The van der Waals surface area contributed by atoms with Gasteiger partial charge in [0.2, 0.25) is 5.91 Å². The van der Waals surface area contributed by atoms with E-state index in [2.05, 4.69) is 29.6 Å². The van der Waals surface area contributed by atoms with Crippen molar-refractivity contribution in [3.63, 3.8) is 0 Å². The number of anilines is 1. The molecular formula is C20H22N2O. The maximum Gasteiger partial charge on any atom is 0.231 e. The van der Waals surface area contributed by atoms with E-state index in [-0.39, 0.29) is 17.4 Å². The van der Waals surface area contributed by atoms with Crippen molar-refractivity contribution in [2.45, 2.75) is 43.6 Å². The van der Waals surface area contributed by atoms with Crippen LogP contribution in [-0.4, -0.2) is 5.91 Å². The van der Waals surface area contributed by atoms with Crippen LogP contribution in [0.4, 0.5) is 5.69 Å². The number of fused-ring (bicyclic) bond motifs is 1. The van der Waals surface area contributed by atoms with Crippen molar-refractivity contribution in [3.8, 4) is 0 Å². The summed E-state index contributed by atoms with van der Waals surface area (Å²) in [5.41, 5.74) is 10.1. The number of carbonyl (C=O) groups is 1. The van der Waals surface area contributed by atoms with Gasteiger partial charge in [-0.3, -0.25) is 4.79 Å². The molecule has 4 rings (SSSR count). The number of benzene rings is 2. The largest absolute Gasteiger partial charge is 0.399 e. The van der Waals surface area contributed by atoms with Crippen molar-refractivity contribution in [2.75, 3.05) is 5.73 Å². The molecule has 3 heteroatoms. The molecule has 2 aliphatic rings. The highest BCUT2D eigenvalue weighted by molar-refractivity contribution is 5.91. The Morgan fingerprint density at radius 1 is 1.13 bits per heavy atom. The quantitative estimate of drug-likeness (QED) is 0.853. The third-order valence-corrected chi connectivity index (χ3v) is 5.30. The highest BCUT2D eigenvalue weighted by atomic mass is 16.2. The number of nitrogen functional groups attached to an aromatic ring is 1. The number of carbonyl (C=O) groups excluding carboxylic acids is 1. The Balaban J connectivity index is 1.57. The Morgan fingerprint density at radius 2 is 1.91 bits per heavy atom. The molecule has 0 aliphatic heterocycles. The van der Waals surface area contributed by atoms with Gasteiger partial charge in [-0.1, -0.05) is 36.4 Å². The predicted octanol–water partition coefficient (Wildman–Crippen LogP) is 3.49. The lowest BCUT2D eigenvalue weighted by molar-refractivity contribution is -0.124. The predicted molar refractivity (Wildman–Crippen MR) is 92.0 cm³/mol. The molecular weight excluding hydrogens is 284 g/mol. The van der Waals surface area contributed by atoms with Gasteiger partial charge in [0, 0.05) is 5.69 Å². The standard InChI is InChI=1S/C20H22N2O/c21-16-9-10-17-14(13-16)5-4-8-18(17)22-19(23)20(11-12-20)15-6-2-1-3-7-15/h1-3,6-7,9-10,13,18H,4-5,8,11-12,21H2,(H,22,23). The normalized spacial score (nSPS) is 21.3. The van der Waals surface area contributed by atoms with Crippen LogP contribution >= 0.6 is 0 Å². The highest BCUT2D eigenvalue weighted by Gasteiger charge is 2.51. The first-order chi connectivity index (χ1) is 11.2. The SMILES string of the molecule is Nc1ccc2c(c1)CCCC2NC(=O)C1(c2ccccc2)CC1. The summed E-state index contributed by atoms with van der Waals surface area (Å²) in [6.45, 7) is 0. The van der Waals surface area contributed by atoms with E-state index < -0.39 is 0 Å². The van der Waals surface area contributed by atoms with Crippen LogP contribution in [0, 0.1) is 0 Å². The van der Waals surface area contributed by atoms with Crippen LogP contribution in [0.3, 0.4) is 0 Å². The molecule has 0 bridgehead atoms. The fraction of sp³-hybridized carbons (Fsp3) is 0.350. The molecule has 0 aromatic heterocycles. The molecule has 0 spiro atoms. The van der Waals surface area contributed by atoms with Gasteiger partial charge < -0.3 is 11.1 Å². The number of rotatable bonds is 3. The molecule has 23 heavy (non-hydrogen) atoms. The first kappa shape index (κ1) is 14.3. The van der Waals surface area contributed by atoms with Gasteiger partial charge in [0.05, 0.1) is 11.5 Å². The topological polar surface area (TPSA) is 55.1 Å². The highest BCUT2D eigenvalue weighted by Crippen LogP contribution is 2.49. The Kier molecular flexibility index (Phi) is 3.37. The summed E-state index contributed by atoms with van der Waals surface area (Å²) in [6.07, 6.45) is 5.05. The summed E-state index contributed by atoms with van der Waals surface area (Å²) >= 11 is 0. The first-order valence-corrected chi connectivity index (χ1v) is 8.44. The van der Waals surface area contributed by atoms with Crippen molar-refractivity contribution in [3.05, 3.63) is 65.2 Å². The molecule has 1 amide bonds. The third-order valence-electron chi connectivity index (χ3n) is 5.30. The molecule has 1 atom stereocenters. The molecule has 2 aromatic carbocycles. The van der Waals surface area contributed by atoms with Crippen molar-refractivity contribution in [1.29, 1.82) is 0 Å². The van der Waals surface area contributed by atoms with Crippen LogP contribution in [0.25, 0.3) is 0 Å². The number of amides is 1. The molecule has 118 valence electrons. The molecule has 1 saturated carbocycles. The van der Waals surface area contributed by atoms with Gasteiger partial charge in [-0.15, -0.1) is 0 Å². The molecule has 0 saturated heterocycles. The maximum absolute atomic E-state index is 12.9. The minimum absolute atomic E-state index is 0.119. The zero-order valence-corrected chi connectivity index (χ0v) is 13.2. The van der Waals surface area contributed by atoms with Crippen LogP contribution in [-0.2, 0) is 16.6 Å². The van der Waals surface area contributed by atoms with Crippen molar-refractivity contribution < 1.29 is 4.79 Å². The summed E-state index contributed by atoms with van der Waals surface area (Å²) in [5.74, 6) is 0.179. The van der Waals surface area contributed by atoms with Crippen LogP contribution in [0.15, 0.2) is 48.5 Å². The lowest BCUT2D eigenvalue weighted by Crippen LogP contribution is -2.38. The minimum atomic E-state index is -0.299. The number of nitrogens with one attached hydrogen (secondary N) is 1. The Labute approximate surface area is 136 Å². The second kappa shape index (κ2) is 5.41. The van der Waals surface area contributed by atoms with E-state index in [0.717, 1.165) is 43.4 Å². The first-order valence-electron chi connectivity index (χ1n) is 8.44. The van der Waals surface area contributed by atoms with E-state index in [1.807, 2.05) is 24.3 Å². The van der Waals surface area contributed by atoms with Gasteiger partial charge in [-0.05, 0) is 60.9 Å². The van der Waals surface area contributed by atoms with Gasteiger partial charge in [-0.25, -0.2) is 0 Å². The van der Waals surface area contributed by atoms with E-state index in [1.165, 1.54) is 11.1 Å². The Morgan fingerprint density at radius 3 is 2.65 bits per heavy atom. The average molecular weight is 306 g/mol. The summed E-state index contributed by atoms with van der Waals surface area (Å²) < 4.78 is 0. The number of hydrogen-bond donors (Lipinski definition) is 2. The number of nitrogens with two attached hydrogens (primary N) is 1. The van der Waals surface area contributed by atoms with E-state index in [0.29, 0.717) is 0 Å². The van der Waals surface area contributed by atoms with Crippen molar-refractivity contribution >= 4 is 11.6 Å². The zero-order valence-electron chi connectivity index (χ0n) is 13.2. The second-order valence-electron chi connectivity index (χ2n) is 6.82. The van der Waals surface area contributed by atoms with Crippen LogP contribution in [0.1, 0.15) is 48.4 Å². The fourth-order valence-electron chi connectivity index (χ4n) is 3.81. The Hall–Kier alpha value is -2.29. The van der Waals surface area contributed by atoms with E-state index in [4.69, 9.17) is 5.73 Å². The molecule has 1 fully saturated rings. The lowest BCUT2D eigenvalue weighted by Gasteiger charge is -2.28. The van der Waals surface area contributed by atoms with Gasteiger partial charge in [0.1, 0.15) is 0 Å². The van der Waals surface area contributed by atoms with E-state index in [9.17, 15) is 4.79 Å². The Bertz CT molecular complexity index is 735. The fourth-order valence-corrected chi connectivity index (χ4v) is 3.81. The number of aryl methyl sites for hydroxylation is 1. The maximum atomic E-state index is 12.9. The monoisotopic (exact) mass is 306 g/mol. The summed E-state index contributed by atoms with van der Waals surface area (Å²) in [6, 6.07) is 16.4.